The van der Waals surface area contributed by atoms with Crippen LogP contribution < -0.4 is 14.2 Å². The largest absolute Gasteiger partial charge is 0.494 e. The Balaban J connectivity index is 1.66. The lowest BCUT2D eigenvalue weighted by Crippen LogP contribution is -2.36. The monoisotopic (exact) mass is 385 g/mol. The topological polar surface area (TPSA) is 68.2 Å². The Labute approximate surface area is 165 Å². The van der Waals surface area contributed by atoms with Crippen LogP contribution in [-0.2, 0) is 17.8 Å². The molecule has 150 valence electrons. The summed E-state index contributed by atoms with van der Waals surface area (Å²) in [7, 11) is 0. The number of carbonyl (C=O) groups is 1. The first-order chi connectivity index (χ1) is 13.6. The number of aliphatic hydroxyl groups is 1. The lowest BCUT2D eigenvalue weighted by Gasteiger charge is -2.25. The molecule has 0 saturated carbocycles. The molecule has 6 nitrogen and oxygen atoms in total. The molecule has 1 amide bonds. The van der Waals surface area contributed by atoms with E-state index in [0.717, 1.165) is 28.4 Å². The highest BCUT2D eigenvalue weighted by atomic mass is 16.7. The maximum absolute atomic E-state index is 12.9. The Hall–Kier alpha value is -2.73. The number of aliphatic hydroxyl groups excluding tert-OH is 1. The first kappa shape index (κ1) is 20.0. The highest BCUT2D eigenvalue weighted by Crippen LogP contribution is 2.32. The van der Waals surface area contributed by atoms with Crippen LogP contribution in [0.15, 0.2) is 42.5 Å². The SMILES string of the molecule is CCOc1ccccc1CN(C[C@@H](C)O)C(=O)CCc1ccc2c(c1)OCO2. The van der Waals surface area contributed by atoms with E-state index in [9.17, 15) is 9.90 Å². The molecule has 0 saturated heterocycles. The average molecular weight is 385 g/mol. The van der Waals surface area contributed by atoms with Crippen molar-refractivity contribution in [2.24, 2.45) is 0 Å². The van der Waals surface area contributed by atoms with Crippen LogP contribution >= 0.6 is 0 Å². The molecule has 0 unspecified atom stereocenters. The highest BCUT2D eigenvalue weighted by Gasteiger charge is 2.19. The normalized spacial score (nSPS) is 13.2. The third-order valence-electron chi connectivity index (χ3n) is 4.54. The number of para-hydroxylation sites is 1. The number of fused-ring (bicyclic) bond motifs is 1. The molecule has 2 aromatic rings. The molecule has 0 spiro atoms. The zero-order valence-electron chi connectivity index (χ0n) is 16.4. The Bertz CT molecular complexity index is 805. The summed E-state index contributed by atoms with van der Waals surface area (Å²) in [6, 6.07) is 13.4. The summed E-state index contributed by atoms with van der Waals surface area (Å²) in [6.45, 7) is 5.10. The smallest absolute Gasteiger partial charge is 0.231 e. The lowest BCUT2D eigenvalue weighted by molar-refractivity contribution is -0.133. The third-order valence-corrected chi connectivity index (χ3v) is 4.54. The van der Waals surface area contributed by atoms with Gasteiger partial charge in [-0.15, -0.1) is 0 Å². The van der Waals surface area contributed by atoms with Gasteiger partial charge in [0.1, 0.15) is 5.75 Å². The van der Waals surface area contributed by atoms with Gasteiger partial charge < -0.3 is 24.2 Å². The molecule has 2 aromatic carbocycles. The minimum absolute atomic E-state index is 0.00938. The molecule has 28 heavy (non-hydrogen) atoms. The summed E-state index contributed by atoms with van der Waals surface area (Å²) in [4.78, 5) is 14.6. The standard InChI is InChI=1S/C22H27NO5/c1-3-26-19-7-5-4-6-18(19)14-23(13-16(2)24)22(25)11-9-17-8-10-20-21(12-17)28-15-27-20/h4-8,10,12,16,24H,3,9,11,13-15H2,1-2H3/t16-/m1/s1. The van der Waals surface area contributed by atoms with Gasteiger partial charge in [-0.1, -0.05) is 24.3 Å². The molecule has 0 aromatic heterocycles. The number of rotatable bonds is 9. The van der Waals surface area contributed by atoms with E-state index in [-0.39, 0.29) is 19.2 Å². The number of benzene rings is 2. The predicted octanol–water partition coefficient (Wildman–Crippen LogP) is 3.16. The van der Waals surface area contributed by atoms with Gasteiger partial charge in [-0.25, -0.2) is 0 Å². The molecule has 6 heteroatoms. The van der Waals surface area contributed by atoms with Crippen LogP contribution in [0.2, 0.25) is 0 Å². The number of hydrogen-bond acceptors (Lipinski definition) is 5. The second-order valence-electron chi connectivity index (χ2n) is 6.85. The lowest BCUT2D eigenvalue weighted by atomic mass is 10.1. The van der Waals surface area contributed by atoms with E-state index in [0.29, 0.717) is 26.0 Å². The van der Waals surface area contributed by atoms with Gasteiger partial charge in [0.2, 0.25) is 12.7 Å². The summed E-state index contributed by atoms with van der Waals surface area (Å²) in [6.07, 6.45) is 0.343. The first-order valence-electron chi connectivity index (χ1n) is 9.62. The minimum atomic E-state index is -0.603. The summed E-state index contributed by atoms with van der Waals surface area (Å²) in [5.41, 5.74) is 1.95. The first-order valence-corrected chi connectivity index (χ1v) is 9.62. The van der Waals surface area contributed by atoms with Gasteiger partial charge >= 0.3 is 0 Å². The molecular weight excluding hydrogens is 358 g/mol. The molecule has 1 heterocycles. The fourth-order valence-electron chi connectivity index (χ4n) is 3.22. The number of amides is 1. The van der Waals surface area contributed by atoms with Crippen LogP contribution in [-0.4, -0.2) is 42.0 Å². The maximum Gasteiger partial charge on any atom is 0.231 e. The molecule has 1 aliphatic heterocycles. The van der Waals surface area contributed by atoms with E-state index in [4.69, 9.17) is 14.2 Å². The van der Waals surface area contributed by atoms with E-state index in [1.165, 1.54) is 0 Å². The van der Waals surface area contributed by atoms with Gasteiger partial charge in [-0.3, -0.25) is 4.79 Å². The van der Waals surface area contributed by atoms with Crippen molar-refractivity contribution in [2.45, 2.75) is 39.3 Å². The number of carbonyl (C=O) groups excluding carboxylic acids is 1. The van der Waals surface area contributed by atoms with E-state index in [1.807, 2.05) is 49.4 Å². The van der Waals surface area contributed by atoms with Crippen molar-refractivity contribution in [1.82, 2.24) is 4.90 Å². The van der Waals surface area contributed by atoms with Gasteiger partial charge in [0, 0.05) is 25.1 Å². The molecule has 0 fully saturated rings. The van der Waals surface area contributed by atoms with Gasteiger partial charge in [-0.2, -0.15) is 0 Å². The van der Waals surface area contributed by atoms with Crippen LogP contribution in [0.4, 0.5) is 0 Å². The summed E-state index contributed by atoms with van der Waals surface area (Å²) in [5, 5.41) is 9.86. The van der Waals surface area contributed by atoms with Crippen molar-refractivity contribution in [3.63, 3.8) is 0 Å². The number of hydrogen-bond donors (Lipinski definition) is 1. The fourth-order valence-corrected chi connectivity index (χ4v) is 3.22. The number of aryl methyl sites for hydroxylation is 1. The van der Waals surface area contributed by atoms with Crippen LogP contribution in [0.25, 0.3) is 0 Å². The average Bonchev–Trinajstić information content (AvgIpc) is 3.14. The Morgan fingerprint density at radius 3 is 2.79 bits per heavy atom. The quantitative estimate of drug-likeness (QED) is 0.718. The zero-order valence-corrected chi connectivity index (χ0v) is 16.4. The van der Waals surface area contributed by atoms with E-state index in [2.05, 4.69) is 0 Å². The summed E-state index contributed by atoms with van der Waals surface area (Å²) in [5.74, 6) is 2.21. The van der Waals surface area contributed by atoms with Gasteiger partial charge in [-0.05, 0) is 44.0 Å². The van der Waals surface area contributed by atoms with Crippen LogP contribution in [0.3, 0.4) is 0 Å². The van der Waals surface area contributed by atoms with Crippen molar-refractivity contribution in [2.75, 3.05) is 19.9 Å². The second kappa shape index (κ2) is 9.46. The Morgan fingerprint density at radius 2 is 2.00 bits per heavy atom. The van der Waals surface area contributed by atoms with Gasteiger partial charge in [0.25, 0.3) is 0 Å². The number of ether oxygens (including phenoxy) is 3. The third kappa shape index (κ3) is 5.16. The van der Waals surface area contributed by atoms with Crippen molar-refractivity contribution in [3.05, 3.63) is 53.6 Å². The summed E-state index contributed by atoms with van der Waals surface area (Å²) >= 11 is 0. The van der Waals surface area contributed by atoms with Crippen LogP contribution in [0.5, 0.6) is 17.2 Å². The van der Waals surface area contributed by atoms with Crippen molar-refractivity contribution >= 4 is 5.91 Å². The van der Waals surface area contributed by atoms with Gasteiger partial charge in [0.15, 0.2) is 11.5 Å². The molecule has 0 bridgehead atoms. The minimum Gasteiger partial charge on any atom is -0.494 e. The Kier molecular flexibility index (Phi) is 6.76. The van der Waals surface area contributed by atoms with E-state index >= 15 is 0 Å². The van der Waals surface area contributed by atoms with Crippen LogP contribution in [0.1, 0.15) is 31.4 Å². The summed E-state index contributed by atoms with van der Waals surface area (Å²) < 4.78 is 16.4. The predicted molar refractivity (Wildman–Crippen MR) is 106 cm³/mol. The van der Waals surface area contributed by atoms with E-state index < -0.39 is 6.10 Å². The van der Waals surface area contributed by atoms with Gasteiger partial charge in [0.05, 0.1) is 12.7 Å². The fraction of sp³-hybridized carbons (Fsp3) is 0.409. The van der Waals surface area contributed by atoms with Crippen molar-refractivity contribution < 1.29 is 24.1 Å². The second-order valence-corrected chi connectivity index (χ2v) is 6.85. The van der Waals surface area contributed by atoms with E-state index in [1.54, 1.807) is 11.8 Å². The molecule has 3 rings (SSSR count). The molecule has 1 N–H and O–H groups in total. The Morgan fingerprint density at radius 1 is 1.21 bits per heavy atom. The van der Waals surface area contributed by atoms with Crippen LogP contribution in [0, 0.1) is 0 Å². The molecule has 0 radical (unpaired) electrons. The zero-order chi connectivity index (χ0) is 19.9. The molecule has 1 atom stereocenters. The maximum atomic E-state index is 12.9. The molecular formula is C22H27NO5. The van der Waals surface area contributed by atoms with Crippen molar-refractivity contribution in [1.29, 1.82) is 0 Å². The number of nitrogens with zero attached hydrogens (tertiary/aromatic N) is 1. The molecule has 1 aliphatic rings. The highest BCUT2D eigenvalue weighted by molar-refractivity contribution is 5.76. The van der Waals surface area contributed by atoms with Crippen molar-refractivity contribution in [3.8, 4) is 17.2 Å². The molecule has 0 aliphatic carbocycles.